The topological polar surface area (TPSA) is 53.0 Å². The van der Waals surface area contributed by atoms with Gasteiger partial charge in [0.1, 0.15) is 12.4 Å². The second-order valence-electron chi connectivity index (χ2n) is 7.29. The Morgan fingerprint density at radius 1 is 1.33 bits per heavy atom. The Morgan fingerprint density at radius 3 is 2.88 bits per heavy atom. The monoisotopic (exact) mass is 332 g/mol. The van der Waals surface area contributed by atoms with Crippen molar-refractivity contribution >= 4 is 6.09 Å². The first-order chi connectivity index (χ1) is 11.5. The van der Waals surface area contributed by atoms with Crippen LogP contribution < -0.4 is 4.74 Å². The summed E-state index contributed by atoms with van der Waals surface area (Å²) in [5.41, 5.74) is 1.04. The zero-order chi connectivity index (χ0) is 17.1. The van der Waals surface area contributed by atoms with Gasteiger partial charge in [0.05, 0.1) is 6.04 Å². The van der Waals surface area contributed by atoms with E-state index in [-0.39, 0.29) is 6.04 Å². The fraction of sp³-hybridized carbons (Fsp3) is 0.632. The summed E-state index contributed by atoms with van der Waals surface area (Å²) in [6.45, 7) is 4.56. The van der Waals surface area contributed by atoms with E-state index < -0.39 is 6.09 Å². The summed E-state index contributed by atoms with van der Waals surface area (Å²) in [5, 5.41) is 9.52. The fourth-order valence-corrected chi connectivity index (χ4v) is 3.90. The van der Waals surface area contributed by atoms with Crippen molar-refractivity contribution in [3.63, 3.8) is 0 Å². The molecular formula is C19H28N2O3. The van der Waals surface area contributed by atoms with E-state index in [1.807, 2.05) is 24.3 Å². The molecule has 2 aliphatic heterocycles. The van der Waals surface area contributed by atoms with E-state index in [9.17, 15) is 9.90 Å². The van der Waals surface area contributed by atoms with Crippen molar-refractivity contribution in [3.05, 3.63) is 29.8 Å². The molecule has 0 saturated carbocycles. The molecule has 5 nitrogen and oxygen atoms in total. The van der Waals surface area contributed by atoms with Crippen LogP contribution in [0, 0.1) is 5.92 Å². The summed E-state index contributed by atoms with van der Waals surface area (Å²) in [7, 11) is 2.14. The number of benzene rings is 1. The molecule has 3 atom stereocenters. The predicted molar refractivity (Wildman–Crippen MR) is 93.5 cm³/mol. The van der Waals surface area contributed by atoms with Crippen LogP contribution in [0.25, 0.3) is 0 Å². The van der Waals surface area contributed by atoms with E-state index in [4.69, 9.17) is 4.74 Å². The van der Waals surface area contributed by atoms with Crippen molar-refractivity contribution in [3.8, 4) is 5.75 Å². The maximum atomic E-state index is 11.6. The predicted octanol–water partition coefficient (Wildman–Crippen LogP) is 3.61. The van der Waals surface area contributed by atoms with E-state index in [0.29, 0.717) is 25.1 Å². The minimum absolute atomic E-state index is 0.0589. The molecule has 1 aromatic carbocycles. The number of hydrogen-bond donors (Lipinski definition) is 1. The van der Waals surface area contributed by atoms with Crippen LogP contribution >= 0.6 is 0 Å². The number of carbonyl (C=O) groups is 1. The number of piperidine rings is 1. The number of rotatable bonds is 4. The molecule has 2 fully saturated rings. The molecule has 0 aliphatic carbocycles. The van der Waals surface area contributed by atoms with Gasteiger partial charge < -0.3 is 19.6 Å². The number of nitrogens with zero attached hydrogens (tertiary/aromatic N) is 2. The minimum atomic E-state index is -0.828. The molecule has 24 heavy (non-hydrogen) atoms. The second kappa shape index (κ2) is 7.43. The van der Waals surface area contributed by atoms with Crippen molar-refractivity contribution in [1.29, 1.82) is 0 Å². The molecule has 2 aliphatic rings. The molecule has 0 aromatic heterocycles. The standard InChI is InChI=1S/C19H28N2O3/c1-14-8-9-18(21(12-14)19(22)23)15-5-3-7-17(11-15)24-13-16-6-4-10-20(16)2/h3,5,7,11,14,16,18H,4,6,8-10,12-13H2,1-2H3,(H,22,23)/t14?,16-,18?/m0/s1. The van der Waals surface area contributed by atoms with Gasteiger partial charge in [-0.05, 0) is 62.9 Å². The Kier molecular flexibility index (Phi) is 5.29. The Hall–Kier alpha value is -1.75. The highest BCUT2D eigenvalue weighted by Gasteiger charge is 2.31. The highest BCUT2D eigenvalue weighted by atomic mass is 16.5. The second-order valence-corrected chi connectivity index (χ2v) is 7.29. The van der Waals surface area contributed by atoms with Gasteiger partial charge in [0.2, 0.25) is 0 Å². The highest BCUT2D eigenvalue weighted by Crippen LogP contribution is 2.34. The number of likely N-dealkylation sites (N-methyl/N-ethyl adjacent to an activating group) is 1. The van der Waals surface area contributed by atoms with E-state index in [1.54, 1.807) is 4.90 Å². The normalized spacial score (nSPS) is 28.1. The highest BCUT2D eigenvalue weighted by molar-refractivity contribution is 5.66. The molecule has 2 unspecified atom stereocenters. The maximum Gasteiger partial charge on any atom is 0.407 e. The quantitative estimate of drug-likeness (QED) is 0.915. The number of carboxylic acid groups (broad SMARTS) is 1. The lowest BCUT2D eigenvalue weighted by Gasteiger charge is -2.37. The van der Waals surface area contributed by atoms with Crippen LogP contribution in [0.2, 0.25) is 0 Å². The lowest BCUT2D eigenvalue weighted by Crippen LogP contribution is -2.40. The van der Waals surface area contributed by atoms with E-state index in [0.717, 1.165) is 30.7 Å². The molecule has 2 heterocycles. The van der Waals surface area contributed by atoms with Gasteiger partial charge >= 0.3 is 6.09 Å². The van der Waals surface area contributed by atoms with Gasteiger partial charge in [-0.1, -0.05) is 19.1 Å². The Balaban J connectivity index is 1.68. The molecule has 3 rings (SSSR count). The first-order valence-electron chi connectivity index (χ1n) is 8.97. The summed E-state index contributed by atoms with van der Waals surface area (Å²) in [5.74, 6) is 1.27. The third kappa shape index (κ3) is 3.83. The molecule has 5 heteroatoms. The Labute approximate surface area is 144 Å². The number of amides is 1. The van der Waals surface area contributed by atoms with Gasteiger partial charge in [-0.15, -0.1) is 0 Å². The molecule has 0 radical (unpaired) electrons. The summed E-state index contributed by atoms with van der Waals surface area (Å²) in [4.78, 5) is 15.5. The number of likely N-dealkylation sites (tertiary alicyclic amines) is 2. The Morgan fingerprint density at radius 2 is 2.17 bits per heavy atom. The molecule has 1 N–H and O–H groups in total. The number of ether oxygens (including phenoxy) is 1. The molecule has 0 spiro atoms. The average molecular weight is 332 g/mol. The van der Waals surface area contributed by atoms with Gasteiger partial charge in [-0.25, -0.2) is 4.79 Å². The van der Waals surface area contributed by atoms with Gasteiger partial charge in [0.15, 0.2) is 0 Å². The summed E-state index contributed by atoms with van der Waals surface area (Å²) in [6.07, 6.45) is 3.53. The van der Waals surface area contributed by atoms with Crippen LogP contribution in [0.1, 0.15) is 44.2 Å². The van der Waals surface area contributed by atoms with E-state index in [2.05, 4.69) is 18.9 Å². The van der Waals surface area contributed by atoms with Crippen LogP contribution in [0.4, 0.5) is 4.79 Å². The molecule has 1 aromatic rings. The van der Waals surface area contributed by atoms with Crippen LogP contribution in [0.3, 0.4) is 0 Å². The Bertz CT molecular complexity index is 577. The maximum absolute atomic E-state index is 11.6. The zero-order valence-corrected chi connectivity index (χ0v) is 14.6. The zero-order valence-electron chi connectivity index (χ0n) is 14.6. The summed E-state index contributed by atoms with van der Waals surface area (Å²) >= 11 is 0. The van der Waals surface area contributed by atoms with E-state index >= 15 is 0 Å². The summed E-state index contributed by atoms with van der Waals surface area (Å²) < 4.78 is 6.00. The van der Waals surface area contributed by atoms with Crippen molar-refractivity contribution in [2.75, 3.05) is 26.7 Å². The summed E-state index contributed by atoms with van der Waals surface area (Å²) in [6, 6.07) is 8.41. The third-order valence-corrected chi connectivity index (χ3v) is 5.42. The van der Waals surface area contributed by atoms with Gasteiger partial charge in [0.25, 0.3) is 0 Å². The minimum Gasteiger partial charge on any atom is -0.492 e. The lowest BCUT2D eigenvalue weighted by molar-refractivity contribution is 0.0898. The fourth-order valence-electron chi connectivity index (χ4n) is 3.90. The van der Waals surface area contributed by atoms with Crippen molar-refractivity contribution in [2.45, 2.75) is 44.7 Å². The van der Waals surface area contributed by atoms with Crippen LogP contribution in [-0.4, -0.2) is 53.8 Å². The first kappa shape index (κ1) is 17.1. The lowest BCUT2D eigenvalue weighted by atomic mass is 9.90. The van der Waals surface area contributed by atoms with E-state index in [1.165, 1.54) is 12.8 Å². The van der Waals surface area contributed by atoms with Crippen LogP contribution in [-0.2, 0) is 0 Å². The van der Waals surface area contributed by atoms with Crippen LogP contribution in [0.15, 0.2) is 24.3 Å². The largest absolute Gasteiger partial charge is 0.492 e. The average Bonchev–Trinajstić information content (AvgIpc) is 2.98. The smallest absolute Gasteiger partial charge is 0.407 e. The van der Waals surface area contributed by atoms with Gasteiger partial charge in [-0.3, -0.25) is 0 Å². The van der Waals surface area contributed by atoms with Gasteiger partial charge in [0, 0.05) is 12.6 Å². The third-order valence-electron chi connectivity index (χ3n) is 5.42. The van der Waals surface area contributed by atoms with Crippen molar-refractivity contribution in [2.24, 2.45) is 5.92 Å². The van der Waals surface area contributed by atoms with Crippen molar-refractivity contribution < 1.29 is 14.6 Å². The molecule has 2 saturated heterocycles. The van der Waals surface area contributed by atoms with Crippen LogP contribution in [0.5, 0.6) is 5.75 Å². The number of hydrogen-bond acceptors (Lipinski definition) is 3. The molecule has 0 bridgehead atoms. The van der Waals surface area contributed by atoms with Crippen molar-refractivity contribution in [1.82, 2.24) is 9.80 Å². The first-order valence-corrected chi connectivity index (χ1v) is 8.97. The molecule has 132 valence electrons. The molecular weight excluding hydrogens is 304 g/mol. The molecule has 1 amide bonds. The SMILES string of the molecule is CC1CCC(c2cccc(OC[C@@H]3CCCN3C)c2)N(C(=O)O)C1. The van der Waals surface area contributed by atoms with Gasteiger partial charge in [-0.2, -0.15) is 0 Å².